The number of hydrogen-bond acceptors (Lipinski definition) is 2. The normalized spacial score (nSPS) is 19.3. The van der Waals surface area contributed by atoms with E-state index in [0.717, 1.165) is 0 Å². The molecule has 0 saturated carbocycles. The maximum Gasteiger partial charge on any atom is 0.0320 e. The van der Waals surface area contributed by atoms with Crippen LogP contribution in [-0.4, -0.2) is 43.0 Å². The van der Waals surface area contributed by atoms with Gasteiger partial charge in [-0.25, -0.2) is 0 Å². The van der Waals surface area contributed by atoms with Crippen LogP contribution in [0.25, 0.3) is 0 Å². The van der Waals surface area contributed by atoms with E-state index in [1.807, 2.05) is 13.8 Å². The number of likely N-dealkylation sites (N-methyl/N-ethyl adjacent to an activating group) is 1. The molecule has 1 heterocycles. The lowest BCUT2D eigenvalue weighted by molar-refractivity contribution is 0.119. The second-order valence-corrected chi connectivity index (χ2v) is 4.43. The van der Waals surface area contributed by atoms with Gasteiger partial charge in [-0.1, -0.05) is 44.2 Å². The van der Waals surface area contributed by atoms with Crippen molar-refractivity contribution in [3.05, 3.63) is 35.9 Å². The van der Waals surface area contributed by atoms with Crippen LogP contribution in [-0.2, 0) is 0 Å². The minimum Gasteiger partial charge on any atom is -0.304 e. The fraction of sp³-hybridized carbons (Fsp3) is 0.600. The molecule has 1 aromatic rings. The van der Waals surface area contributed by atoms with Gasteiger partial charge in [0.15, 0.2) is 0 Å². The molecule has 1 fully saturated rings. The average Bonchev–Trinajstić information content (AvgIpc) is 2.42. The highest BCUT2D eigenvalue weighted by Gasteiger charge is 2.19. The molecule has 0 aromatic heterocycles. The third-order valence-electron chi connectivity index (χ3n) is 3.37. The molecule has 2 nitrogen and oxygen atoms in total. The molecule has 0 aliphatic carbocycles. The number of nitrogens with zero attached hydrogens (tertiary/aromatic N) is 2. The van der Waals surface area contributed by atoms with Crippen molar-refractivity contribution < 1.29 is 0 Å². The standard InChI is InChI=1S/C13H20N2.C2H6/c1-12(13-6-4-3-5-7-13)15-10-8-14(2)9-11-15;1-2/h3-7,12H,8-11H2,1-2H3;1-2H3. The molecule has 0 spiro atoms. The summed E-state index contributed by atoms with van der Waals surface area (Å²) in [6.07, 6.45) is 0. The topological polar surface area (TPSA) is 6.48 Å². The van der Waals surface area contributed by atoms with E-state index >= 15 is 0 Å². The van der Waals surface area contributed by atoms with Crippen LogP contribution in [0.3, 0.4) is 0 Å². The van der Waals surface area contributed by atoms with Gasteiger partial charge in [0.25, 0.3) is 0 Å². The average molecular weight is 234 g/mol. The van der Waals surface area contributed by atoms with Gasteiger partial charge in [-0.3, -0.25) is 4.90 Å². The molecule has 1 unspecified atom stereocenters. The Bertz CT molecular complexity index is 289. The SMILES string of the molecule is CC.CC(c1ccccc1)N1CCN(C)CC1. The monoisotopic (exact) mass is 234 g/mol. The zero-order valence-corrected chi connectivity index (χ0v) is 11.7. The van der Waals surface area contributed by atoms with Crippen LogP contribution in [0.2, 0.25) is 0 Å². The Labute approximate surface area is 106 Å². The highest BCUT2D eigenvalue weighted by Crippen LogP contribution is 2.20. The summed E-state index contributed by atoms with van der Waals surface area (Å²) >= 11 is 0. The van der Waals surface area contributed by atoms with E-state index in [9.17, 15) is 0 Å². The molecule has 96 valence electrons. The van der Waals surface area contributed by atoms with Gasteiger partial charge in [0.05, 0.1) is 0 Å². The molecule has 1 aliphatic rings. The summed E-state index contributed by atoms with van der Waals surface area (Å²) in [7, 11) is 2.20. The van der Waals surface area contributed by atoms with E-state index in [2.05, 4.69) is 54.1 Å². The zero-order valence-electron chi connectivity index (χ0n) is 11.7. The van der Waals surface area contributed by atoms with Crippen LogP contribution >= 0.6 is 0 Å². The van der Waals surface area contributed by atoms with Gasteiger partial charge in [-0.05, 0) is 19.5 Å². The Hall–Kier alpha value is -0.860. The number of hydrogen-bond donors (Lipinski definition) is 0. The zero-order chi connectivity index (χ0) is 12.7. The third-order valence-corrected chi connectivity index (χ3v) is 3.37. The summed E-state index contributed by atoms with van der Waals surface area (Å²) in [4.78, 5) is 4.96. The fourth-order valence-corrected chi connectivity index (χ4v) is 2.15. The molecule has 17 heavy (non-hydrogen) atoms. The molecule has 0 radical (unpaired) electrons. The minimum absolute atomic E-state index is 0.555. The Morgan fingerprint density at radius 3 is 2.00 bits per heavy atom. The van der Waals surface area contributed by atoms with Crippen molar-refractivity contribution in [3.8, 4) is 0 Å². The van der Waals surface area contributed by atoms with Gasteiger partial charge in [0, 0.05) is 32.2 Å². The molecule has 0 N–H and O–H groups in total. The molecule has 2 rings (SSSR count). The van der Waals surface area contributed by atoms with Crippen LogP contribution < -0.4 is 0 Å². The van der Waals surface area contributed by atoms with Crippen molar-refractivity contribution in [2.75, 3.05) is 33.2 Å². The molecule has 1 aliphatic heterocycles. The summed E-state index contributed by atoms with van der Waals surface area (Å²) in [6.45, 7) is 11.1. The number of benzene rings is 1. The van der Waals surface area contributed by atoms with Crippen molar-refractivity contribution in [1.82, 2.24) is 9.80 Å². The molecular formula is C15H26N2. The second kappa shape index (κ2) is 7.46. The predicted molar refractivity (Wildman–Crippen MR) is 75.3 cm³/mol. The van der Waals surface area contributed by atoms with Crippen LogP contribution in [0, 0.1) is 0 Å². The quantitative estimate of drug-likeness (QED) is 0.776. The van der Waals surface area contributed by atoms with E-state index in [0.29, 0.717) is 6.04 Å². The van der Waals surface area contributed by atoms with Gasteiger partial charge in [-0.15, -0.1) is 0 Å². The summed E-state index contributed by atoms with van der Waals surface area (Å²) in [5.74, 6) is 0. The summed E-state index contributed by atoms with van der Waals surface area (Å²) in [6, 6.07) is 11.3. The first kappa shape index (κ1) is 14.2. The van der Waals surface area contributed by atoms with Crippen LogP contribution in [0.15, 0.2) is 30.3 Å². The van der Waals surface area contributed by atoms with E-state index in [1.165, 1.54) is 31.7 Å². The first-order chi connectivity index (χ1) is 8.27. The van der Waals surface area contributed by atoms with E-state index in [-0.39, 0.29) is 0 Å². The Kier molecular flexibility index (Phi) is 6.23. The first-order valence-electron chi connectivity index (χ1n) is 6.75. The fourth-order valence-electron chi connectivity index (χ4n) is 2.15. The van der Waals surface area contributed by atoms with Crippen molar-refractivity contribution in [2.45, 2.75) is 26.8 Å². The van der Waals surface area contributed by atoms with Gasteiger partial charge in [-0.2, -0.15) is 0 Å². The predicted octanol–water partition coefficient (Wildman–Crippen LogP) is 3.02. The minimum atomic E-state index is 0.555. The highest BCUT2D eigenvalue weighted by atomic mass is 15.3. The van der Waals surface area contributed by atoms with Gasteiger partial charge in [0.1, 0.15) is 0 Å². The molecule has 1 saturated heterocycles. The maximum atomic E-state index is 2.56. The van der Waals surface area contributed by atoms with Crippen molar-refractivity contribution in [3.63, 3.8) is 0 Å². The van der Waals surface area contributed by atoms with E-state index < -0.39 is 0 Å². The first-order valence-corrected chi connectivity index (χ1v) is 6.75. The van der Waals surface area contributed by atoms with Crippen LogP contribution in [0.5, 0.6) is 0 Å². The van der Waals surface area contributed by atoms with Crippen molar-refractivity contribution in [1.29, 1.82) is 0 Å². The van der Waals surface area contributed by atoms with E-state index in [4.69, 9.17) is 0 Å². The lowest BCUT2D eigenvalue weighted by atomic mass is 10.1. The van der Waals surface area contributed by atoms with Crippen LogP contribution in [0.1, 0.15) is 32.4 Å². The lowest BCUT2D eigenvalue weighted by Crippen LogP contribution is -2.45. The van der Waals surface area contributed by atoms with Gasteiger partial charge in [0.2, 0.25) is 0 Å². The Morgan fingerprint density at radius 2 is 1.47 bits per heavy atom. The Balaban J connectivity index is 0.000000686. The van der Waals surface area contributed by atoms with Crippen LogP contribution in [0.4, 0.5) is 0 Å². The third kappa shape index (κ3) is 4.14. The van der Waals surface area contributed by atoms with Gasteiger partial charge >= 0.3 is 0 Å². The molecule has 1 aromatic carbocycles. The molecule has 2 heteroatoms. The van der Waals surface area contributed by atoms with Gasteiger partial charge < -0.3 is 4.90 Å². The van der Waals surface area contributed by atoms with Crippen molar-refractivity contribution in [2.24, 2.45) is 0 Å². The second-order valence-electron chi connectivity index (χ2n) is 4.43. The molecular weight excluding hydrogens is 208 g/mol. The molecule has 1 atom stereocenters. The summed E-state index contributed by atoms with van der Waals surface area (Å²) in [5.41, 5.74) is 1.43. The lowest BCUT2D eigenvalue weighted by Gasteiger charge is -2.36. The summed E-state index contributed by atoms with van der Waals surface area (Å²) < 4.78 is 0. The largest absolute Gasteiger partial charge is 0.304 e. The maximum absolute atomic E-state index is 2.56. The number of piperazine rings is 1. The Morgan fingerprint density at radius 1 is 0.941 bits per heavy atom. The molecule has 0 amide bonds. The smallest absolute Gasteiger partial charge is 0.0320 e. The van der Waals surface area contributed by atoms with E-state index in [1.54, 1.807) is 0 Å². The summed E-state index contributed by atoms with van der Waals surface area (Å²) in [5, 5.41) is 0. The highest BCUT2D eigenvalue weighted by molar-refractivity contribution is 5.18. The van der Waals surface area contributed by atoms with Crippen molar-refractivity contribution >= 4 is 0 Å². The number of rotatable bonds is 2. The molecule has 0 bridgehead atoms.